The fourth-order valence-corrected chi connectivity index (χ4v) is 4.01. The lowest BCUT2D eigenvalue weighted by Crippen LogP contribution is -2.38. The molecule has 3 rings (SSSR count). The van der Waals surface area contributed by atoms with Crippen molar-refractivity contribution in [3.05, 3.63) is 16.1 Å². The van der Waals surface area contributed by atoms with Crippen LogP contribution in [0.4, 0.5) is 5.95 Å². The lowest BCUT2D eigenvalue weighted by Gasteiger charge is -2.33. The number of hydrogen-bond acceptors (Lipinski definition) is 4. The largest absolute Gasteiger partial charge is 0.338 e. The number of halogens is 1. The maximum absolute atomic E-state index is 6.38. The van der Waals surface area contributed by atoms with Gasteiger partial charge in [0.2, 0.25) is 5.95 Å². The van der Waals surface area contributed by atoms with Gasteiger partial charge in [0.15, 0.2) is 0 Å². The van der Waals surface area contributed by atoms with Gasteiger partial charge < -0.3 is 4.90 Å². The minimum absolute atomic E-state index is 0.502. The zero-order chi connectivity index (χ0) is 14.3. The van der Waals surface area contributed by atoms with E-state index in [2.05, 4.69) is 36.7 Å². The SMILES string of the molecule is CC(C)c1cc2c(Cl)nc(N3CCCCC3C)nc2s1. The first kappa shape index (κ1) is 14.1. The smallest absolute Gasteiger partial charge is 0.228 e. The summed E-state index contributed by atoms with van der Waals surface area (Å²) in [6.45, 7) is 7.67. The molecule has 2 aromatic heterocycles. The second-order valence-electron chi connectivity index (χ2n) is 5.87. The molecular weight excluding hydrogens is 290 g/mol. The lowest BCUT2D eigenvalue weighted by molar-refractivity contribution is 0.477. The first-order chi connectivity index (χ1) is 9.56. The highest BCUT2D eigenvalue weighted by atomic mass is 35.5. The van der Waals surface area contributed by atoms with Crippen LogP contribution in [0.2, 0.25) is 5.15 Å². The van der Waals surface area contributed by atoms with Crippen molar-refractivity contribution < 1.29 is 0 Å². The number of rotatable bonds is 2. The first-order valence-corrected chi connectivity index (χ1v) is 8.49. The molecule has 0 radical (unpaired) electrons. The Morgan fingerprint density at radius 3 is 2.85 bits per heavy atom. The fraction of sp³-hybridized carbons (Fsp3) is 0.600. The van der Waals surface area contributed by atoms with E-state index < -0.39 is 0 Å². The van der Waals surface area contributed by atoms with Crippen molar-refractivity contribution in [3.63, 3.8) is 0 Å². The van der Waals surface area contributed by atoms with Crippen molar-refractivity contribution in [1.82, 2.24) is 9.97 Å². The van der Waals surface area contributed by atoms with E-state index in [1.54, 1.807) is 11.3 Å². The van der Waals surface area contributed by atoms with E-state index in [-0.39, 0.29) is 0 Å². The number of thiophene rings is 1. The van der Waals surface area contributed by atoms with Crippen LogP contribution in [0.1, 0.15) is 50.8 Å². The maximum atomic E-state index is 6.38. The van der Waals surface area contributed by atoms with Crippen molar-refractivity contribution in [2.75, 3.05) is 11.4 Å². The molecule has 1 fully saturated rings. The maximum Gasteiger partial charge on any atom is 0.228 e. The van der Waals surface area contributed by atoms with Crippen molar-refractivity contribution in [2.24, 2.45) is 0 Å². The monoisotopic (exact) mass is 309 g/mol. The molecule has 1 aliphatic heterocycles. The Morgan fingerprint density at radius 2 is 2.15 bits per heavy atom. The van der Waals surface area contributed by atoms with E-state index in [4.69, 9.17) is 16.6 Å². The number of fused-ring (bicyclic) bond motifs is 1. The van der Waals surface area contributed by atoms with Crippen LogP contribution in [-0.4, -0.2) is 22.6 Å². The minimum Gasteiger partial charge on any atom is -0.338 e. The van der Waals surface area contributed by atoms with Gasteiger partial charge in [-0.15, -0.1) is 11.3 Å². The number of hydrogen-bond donors (Lipinski definition) is 0. The lowest BCUT2D eigenvalue weighted by atomic mass is 10.0. The van der Waals surface area contributed by atoms with Crippen LogP contribution in [0.15, 0.2) is 6.07 Å². The van der Waals surface area contributed by atoms with Gasteiger partial charge in [0.05, 0.1) is 0 Å². The molecule has 3 nitrogen and oxygen atoms in total. The molecule has 108 valence electrons. The van der Waals surface area contributed by atoms with Gasteiger partial charge in [-0.05, 0) is 38.2 Å². The highest BCUT2D eigenvalue weighted by molar-refractivity contribution is 7.18. The van der Waals surface area contributed by atoms with E-state index in [9.17, 15) is 0 Å². The van der Waals surface area contributed by atoms with Gasteiger partial charge in [0.1, 0.15) is 9.98 Å². The first-order valence-electron chi connectivity index (χ1n) is 7.30. The Labute approximate surface area is 129 Å². The summed E-state index contributed by atoms with van der Waals surface area (Å²) >= 11 is 8.11. The molecule has 0 aliphatic carbocycles. The third-order valence-electron chi connectivity index (χ3n) is 3.98. The summed E-state index contributed by atoms with van der Waals surface area (Å²) < 4.78 is 0. The molecule has 2 aromatic rings. The number of piperidine rings is 1. The zero-order valence-electron chi connectivity index (χ0n) is 12.2. The number of aromatic nitrogens is 2. The van der Waals surface area contributed by atoms with Crippen molar-refractivity contribution >= 4 is 39.1 Å². The third kappa shape index (κ3) is 2.51. The van der Waals surface area contributed by atoms with Crippen LogP contribution >= 0.6 is 22.9 Å². The zero-order valence-corrected chi connectivity index (χ0v) is 13.8. The van der Waals surface area contributed by atoms with Crippen LogP contribution in [0.5, 0.6) is 0 Å². The molecule has 20 heavy (non-hydrogen) atoms. The highest BCUT2D eigenvalue weighted by Crippen LogP contribution is 2.34. The summed E-state index contributed by atoms with van der Waals surface area (Å²) in [5.41, 5.74) is 0. The molecule has 0 bridgehead atoms. The average Bonchev–Trinajstić information content (AvgIpc) is 2.84. The fourth-order valence-electron chi connectivity index (χ4n) is 2.70. The molecule has 0 saturated carbocycles. The van der Waals surface area contributed by atoms with Crippen LogP contribution in [-0.2, 0) is 0 Å². The second kappa shape index (κ2) is 5.49. The summed E-state index contributed by atoms with van der Waals surface area (Å²) in [4.78, 5) is 13.9. The van der Waals surface area contributed by atoms with Crippen LogP contribution in [0.25, 0.3) is 10.2 Å². The Bertz CT molecular complexity index is 623. The molecular formula is C15H20ClN3S. The molecule has 1 saturated heterocycles. The molecule has 3 heterocycles. The van der Waals surface area contributed by atoms with Gasteiger partial charge in [-0.25, -0.2) is 9.97 Å². The minimum atomic E-state index is 0.502. The topological polar surface area (TPSA) is 29.0 Å². The van der Waals surface area contributed by atoms with Gasteiger partial charge >= 0.3 is 0 Å². The molecule has 1 aliphatic rings. The van der Waals surface area contributed by atoms with Gasteiger partial charge in [0.25, 0.3) is 0 Å². The van der Waals surface area contributed by atoms with E-state index in [0.717, 1.165) is 22.7 Å². The molecule has 1 atom stereocenters. The van der Waals surface area contributed by atoms with Crippen LogP contribution in [0.3, 0.4) is 0 Å². The number of nitrogens with zero attached hydrogens (tertiary/aromatic N) is 3. The van der Waals surface area contributed by atoms with Crippen LogP contribution < -0.4 is 4.90 Å². The quantitative estimate of drug-likeness (QED) is 0.743. The molecule has 1 unspecified atom stereocenters. The van der Waals surface area contributed by atoms with Crippen molar-refractivity contribution in [1.29, 1.82) is 0 Å². The van der Waals surface area contributed by atoms with E-state index in [1.165, 1.54) is 24.1 Å². The van der Waals surface area contributed by atoms with Crippen LogP contribution in [0, 0.1) is 0 Å². The van der Waals surface area contributed by atoms with Gasteiger partial charge in [-0.2, -0.15) is 0 Å². The predicted octanol–water partition coefficient (Wildman–Crippen LogP) is 4.85. The second-order valence-corrected chi connectivity index (χ2v) is 7.30. The Morgan fingerprint density at radius 1 is 1.35 bits per heavy atom. The van der Waals surface area contributed by atoms with Gasteiger partial charge in [0, 0.05) is 22.8 Å². The summed E-state index contributed by atoms with van der Waals surface area (Å²) in [5, 5.41) is 1.58. The van der Waals surface area contributed by atoms with Crippen molar-refractivity contribution in [2.45, 2.75) is 52.0 Å². The van der Waals surface area contributed by atoms with Gasteiger partial charge in [-0.3, -0.25) is 0 Å². The molecule has 0 spiro atoms. The molecule has 0 aromatic carbocycles. The number of anilines is 1. The van der Waals surface area contributed by atoms with E-state index in [0.29, 0.717) is 17.1 Å². The Balaban J connectivity index is 2.04. The van der Waals surface area contributed by atoms with E-state index in [1.807, 2.05) is 0 Å². The third-order valence-corrected chi connectivity index (χ3v) is 5.60. The van der Waals surface area contributed by atoms with E-state index >= 15 is 0 Å². The normalized spacial score (nSPS) is 20.1. The Kier molecular flexibility index (Phi) is 3.87. The summed E-state index contributed by atoms with van der Waals surface area (Å²) in [7, 11) is 0. The molecule has 5 heteroatoms. The average molecular weight is 310 g/mol. The predicted molar refractivity (Wildman–Crippen MR) is 87.2 cm³/mol. The molecule has 0 amide bonds. The summed E-state index contributed by atoms with van der Waals surface area (Å²) in [5.74, 6) is 1.30. The standard InChI is InChI=1S/C15H20ClN3S/c1-9(2)12-8-11-13(16)17-15(18-14(11)20-12)19-7-5-4-6-10(19)3/h8-10H,4-7H2,1-3H3. The van der Waals surface area contributed by atoms with Gasteiger partial charge in [-0.1, -0.05) is 25.4 Å². The molecule has 0 N–H and O–H groups in total. The highest BCUT2D eigenvalue weighted by Gasteiger charge is 2.22. The summed E-state index contributed by atoms with van der Waals surface area (Å²) in [6.07, 6.45) is 3.72. The summed E-state index contributed by atoms with van der Waals surface area (Å²) in [6, 6.07) is 2.64. The van der Waals surface area contributed by atoms with Crippen molar-refractivity contribution in [3.8, 4) is 0 Å². The Hall–Kier alpha value is -0.870.